The summed E-state index contributed by atoms with van der Waals surface area (Å²) in [6.45, 7) is 4.07. The van der Waals surface area contributed by atoms with Gasteiger partial charge in [-0.25, -0.2) is 0 Å². The lowest BCUT2D eigenvalue weighted by atomic mass is 9.88. The molecule has 0 aliphatic heterocycles. The third-order valence-electron chi connectivity index (χ3n) is 2.53. The van der Waals surface area contributed by atoms with Crippen LogP contribution in [-0.4, -0.2) is 47.7 Å². The molecule has 0 saturated carbocycles. The second-order valence-electron chi connectivity index (χ2n) is 3.63. The minimum absolute atomic E-state index is 0.00139. The van der Waals surface area contributed by atoms with Crippen molar-refractivity contribution < 1.29 is 15.3 Å². The summed E-state index contributed by atoms with van der Waals surface area (Å²) in [4.78, 5) is 0. The summed E-state index contributed by atoms with van der Waals surface area (Å²) in [5.74, 6) is -0.102. The Kier molecular flexibility index (Phi) is 6.24. The summed E-state index contributed by atoms with van der Waals surface area (Å²) in [5.41, 5.74) is 0. The fraction of sp³-hybridized carbons (Fsp3) is 1.00. The first-order chi connectivity index (χ1) is 6.04. The van der Waals surface area contributed by atoms with Gasteiger partial charge in [0, 0.05) is 13.2 Å². The van der Waals surface area contributed by atoms with E-state index in [4.69, 9.17) is 5.11 Å². The second-order valence-corrected chi connectivity index (χ2v) is 3.63. The lowest BCUT2D eigenvalue weighted by Gasteiger charge is -2.27. The molecule has 80 valence electrons. The highest BCUT2D eigenvalue weighted by Gasteiger charge is 2.25. The van der Waals surface area contributed by atoms with E-state index in [0.717, 1.165) is 0 Å². The number of aliphatic hydroxyl groups is 3. The van der Waals surface area contributed by atoms with Crippen LogP contribution in [0, 0.1) is 11.8 Å². The highest BCUT2D eigenvalue weighted by molar-refractivity contribution is 4.77. The maximum Gasteiger partial charge on any atom is 0.0925 e. The molecule has 0 saturated heterocycles. The highest BCUT2D eigenvalue weighted by Crippen LogP contribution is 2.16. The standard InChI is InChI=1S/C9H21NO3/c1-6(5-11)7(2)9(13)8(12)4-10-3/h6-13H,4-5H2,1-3H3/t6-,7-,8+,9+/m1/s1. The fourth-order valence-electron chi connectivity index (χ4n) is 1.18. The molecule has 4 nitrogen and oxygen atoms in total. The van der Waals surface area contributed by atoms with Crippen LogP contribution in [0.25, 0.3) is 0 Å². The summed E-state index contributed by atoms with van der Waals surface area (Å²) < 4.78 is 0. The average Bonchev–Trinajstić information content (AvgIpc) is 2.14. The molecule has 4 N–H and O–H groups in total. The number of nitrogens with one attached hydrogen (secondary N) is 1. The van der Waals surface area contributed by atoms with E-state index in [0.29, 0.717) is 6.54 Å². The molecular weight excluding hydrogens is 170 g/mol. The molecular formula is C9H21NO3. The number of rotatable bonds is 6. The monoisotopic (exact) mass is 191 g/mol. The molecule has 4 heteroatoms. The van der Waals surface area contributed by atoms with Crippen molar-refractivity contribution in [3.63, 3.8) is 0 Å². The number of hydrogen-bond donors (Lipinski definition) is 4. The molecule has 13 heavy (non-hydrogen) atoms. The SMILES string of the molecule is CNC[C@H](O)[C@@H](O)[C@H](C)[C@H](C)CO. The Morgan fingerprint density at radius 2 is 1.77 bits per heavy atom. The predicted molar refractivity (Wildman–Crippen MR) is 51.4 cm³/mol. The van der Waals surface area contributed by atoms with Crippen molar-refractivity contribution in [3.05, 3.63) is 0 Å². The summed E-state index contributed by atoms with van der Waals surface area (Å²) >= 11 is 0. The maximum absolute atomic E-state index is 9.62. The van der Waals surface area contributed by atoms with Crippen LogP contribution in [0.3, 0.4) is 0 Å². The van der Waals surface area contributed by atoms with E-state index in [9.17, 15) is 10.2 Å². The first-order valence-electron chi connectivity index (χ1n) is 4.66. The molecule has 0 bridgehead atoms. The van der Waals surface area contributed by atoms with Gasteiger partial charge in [0.05, 0.1) is 12.2 Å². The average molecular weight is 191 g/mol. The van der Waals surface area contributed by atoms with Crippen molar-refractivity contribution in [2.24, 2.45) is 11.8 Å². The number of hydrogen-bond acceptors (Lipinski definition) is 4. The van der Waals surface area contributed by atoms with Gasteiger partial charge < -0.3 is 20.6 Å². The molecule has 0 heterocycles. The molecule has 0 aliphatic rings. The van der Waals surface area contributed by atoms with E-state index in [1.54, 1.807) is 7.05 Å². The predicted octanol–water partition coefficient (Wildman–Crippen LogP) is -0.808. The molecule has 0 spiro atoms. The highest BCUT2D eigenvalue weighted by atomic mass is 16.3. The van der Waals surface area contributed by atoms with Crippen molar-refractivity contribution in [2.45, 2.75) is 26.1 Å². The third kappa shape index (κ3) is 4.04. The first kappa shape index (κ1) is 12.8. The van der Waals surface area contributed by atoms with E-state index in [-0.39, 0.29) is 18.4 Å². The normalized spacial score (nSPS) is 20.8. The molecule has 0 radical (unpaired) electrons. The Morgan fingerprint density at radius 1 is 1.23 bits per heavy atom. The van der Waals surface area contributed by atoms with E-state index in [1.807, 2.05) is 13.8 Å². The van der Waals surface area contributed by atoms with Gasteiger partial charge in [0.25, 0.3) is 0 Å². The Labute approximate surface area is 79.6 Å². The van der Waals surface area contributed by atoms with Gasteiger partial charge in [-0.15, -0.1) is 0 Å². The van der Waals surface area contributed by atoms with Gasteiger partial charge in [0.1, 0.15) is 0 Å². The Hall–Kier alpha value is -0.160. The van der Waals surface area contributed by atoms with Gasteiger partial charge in [-0.05, 0) is 18.9 Å². The fourth-order valence-corrected chi connectivity index (χ4v) is 1.18. The van der Waals surface area contributed by atoms with Gasteiger partial charge in [0.15, 0.2) is 0 Å². The number of likely N-dealkylation sites (N-methyl/N-ethyl adjacent to an activating group) is 1. The van der Waals surface area contributed by atoms with Gasteiger partial charge in [-0.2, -0.15) is 0 Å². The van der Waals surface area contributed by atoms with E-state index < -0.39 is 12.2 Å². The largest absolute Gasteiger partial charge is 0.396 e. The molecule has 0 aromatic carbocycles. The molecule has 0 aliphatic carbocycles. The summed E-state index contributed by atoms with van der Waals surface area (Å²) in [7, 11) is 1.72. The third-order valence-corrected chi connectivity index (χ3v) is 2.53. The first-order valence-corrected chi connectivity index (χ1v) is 4.66. The topological polar surface area (TPSA) is 72.7 Å². The van der Waals surface area contributed by atoms with Gasteiger partial charge in [-0.3, -0.25) is 0 Å². The van der Waals surface area contributed by atoms with E-state index in [2.05, 4.69) is 5.32 Å². The number of aliphatic hydroxyl groups excluding tert-OH is 3. The molecule has 0 unspecified atom stereocenters. The van der Waals surface area contributed by atoms with Crippen molar-refractivity contribution in [1.82, 2.24) is 5.32 Å². The molecule has 0 amide bonds. The minimum Gasteiger partial charge on any atom is -0.396 e. The quantitative estimate of drug-likeness (QED) is 0.443. The van der Waals surface area contributed by atoms with Gasteiger partial charge in [-0.1, -0.05) is 13.8 Å². The molecule has 0 aromatic rings. The lowest BCUT2D eigenvalue weighted by molar-refractivity contribution is -0.0311. The van der Waals surface area contributed by atoms with Crippen molar-refractivity contribution in [3.8, 4) is 0 Å². The zero-order valence-corrected chi connectivity index (χ0v) is 8.57. The Balaban J connectivity index is 3.99. The zero-order chi connectivity index (χ0) is 10.4. The van der Waals surface area contributed by atoms with Crippen LogP contribution in [0.5, 0.6) is 0 Å². The molecule has 0 aromatic heterocycles. The van der Waals surface area contributed by atoms with Crippen molar-refractivity contribution in [2.75, 3.05) is 20.2 Å². The van der Waals surface area contributed by atoms with Crippen LogP contribution in [0.15, 0.2) is 0 Å². The molecule has 4 atom stereocenters. The Morgan fingerprint density at radius 3 is 2.15 bits per heavy atom. The van der Waals surface area contributed by atoms with Crippen LogP contribution >= 0.6 is 0 Å². The van der Waals surface area contributed by atoms with Crippen molar-refractivity contribution in [1.29, 1.82) is 0 Å². The summed E-state index contributed by atoms with van der Waals surface area (Å²) in [5, 5.41) is 30.7. The zero-order valence-electron chi connectivity index (χ0n) is 8.57. The van der Waals surface area contributed by atoms with Crippen LogP contribution in [-0.2, 0) is 0 Å². The Bertz CT molecular complexity index is 132. The van der Waals surface area contributed by atoms with Crippen LogP contribution < -0.4 is 5.32 Å². The van der Waals surface area contributed by atoms with E-state index in [1.165, 1.54) is 0 Å². The van der Waals surface area contributed by atoms with Crippen LogP contribution in [0.2, 0.25) is 0 Å². The van der Waals surface area contributed by atoms with Crippen molar-refractivity contribution >= 4 is 0 Å². The second kappa shape index (κ2) is 6.32. The molecule has 0 rings (SSSR count). The van der Waals surface area contributed by atoms with Crippen LogP contribution in [0.1, 0.15) is 13.8 Å². The maximum atomic E-state index is 9.62. The summed E-state index contributed by atoms with van der Waals surface area (Å²) in [6, 6.07) is 0. The van der Waals surface area contributed by atoms with Gasteiger partial charge in [0.2, 0.25) is 0 Å². The summed E-state index contributed by atoms with van der Waals surface area (Å²) in [6.07, 6.45) is -1.55. The van der Waals surface area contributed by atoms with E-state index >= 15 is 0 Å². The van der Waals surface area contributed by atoms with Gasteiger partial charge >= 0.3 is 0 Å². The lowest BCUT2D eigenvalue weighted by Crippen LogP contribution is -2.41. The minimum atomic E-state index is -0.783. The van der Waals surface area contributed by atoms with Crippen LogP contribution in [0.4, 0.5) is 0 Å². The molecule has 0 fully saturated rings. The smallest absolute Gasteiger partial charge is 0.0925 e.